The lowest BCUT2D eigenvalue weighted by Gasteiger charge is -2.31. The first-order chi connectivity index (χ1) is 12.0. The molecule has 1 N–H and O–H groups in total. The normalized spacial score (nSPS) is 22.4. The van der Waals surface area contributed by atoms with Crippen LogP contribution in [0.25, 0.3) is 0 Å². The summed E-state index contributed by atoms with van der Waals surface area (Å²) in [6.45, 7) is 0.865. The molecular formula is C19H26N2O3S. The average molecular weight is 362 g/mol. The largest absolute Gasteiger partial charge is 0.353 e. The summed E-state index contributed by atoms with van der Waals surface area (Å²) in [7, 11) is -3.45. The van der Waals surface area contributed by atoms with E-state index < -0.39 is 10.0 Å². The molecule has 0 spiro atoms. The smallest absolute Gasteiger partial charge is 0.243 e. The summed E-state index contributed by atoms with van der Waals surface area (Å²) in [4.78, 5) is 12.6. The van der Waals surface area contributed by atoms with E-state index in [4.69, 9.17) is 0 Å². The molecule has 3 aliphatic rings. The topological polar surface area (TPSA) is 66.5 Å². The highest BCUT2D eigenvalue weighted by atomic mass is 32.2. The fourth-order valence-corrected chi connectivity index (χ4v) is 5.45. The Morgan fingerprint density at radius 3 is 2.36 bits per heavy atom. The minimum absolute atomic E-state index is 0.0458. The highest BCUT2D eigenvalue weighted by Crippen LogP contribution is 2.28. The van der Waals surface area contributed by atoms with E-state index in [2.05, 4.69) is 5.32 Å². The zero-order valence-electron chi connectivity index (χ0n) is 14.5. The Hall–Kier alpha value is -1.40. The molecule has 1 heterocycles. The van der Waals surface area contributed by atoms with Crippen LogP contribution in [0.4, 0.5) is 0 Å². The van der Waals surface area contributed by atoms with Crippen LogP contribution in [0.15, 0.2) is 23.1 Å². The number of sulfonamides is 1. The fraction of sp³-hybridized carbons (Fsp3) is 0.632. The molecule has 1 aromatic rings. The third kappa shape index (κ3) is 3.60. The number of fused-ring (bicyclic) bond motifs is 1. The van der Waals surface area contributed by atoms with Crippen molar-refractivity contribution in [2.24, 2.45) is 5.92 Å². The minimum atomic E-state index is -3.45. The molecule has 0 unspecified atom stereocenters. The summed E-state index contributed by atoms with van der Waals surface area (Å²) < 4.78 is 27.5. The van der Waals surface area contributed by atoms with Crippen LogP contribution >= 0.6 is 0 Å². The molecule has 1 aromatic carbocycles. The van der Waals surface area contributed by atoms with Crippen molar-refractivity contribution in [1.82, 2.24) is 9.62 Å². The molecule has 5 nitrogen and oxygen atoms in total. The van der Waals surface area contributed by atoms with E-state index in [9.17, 15) is 13.2 Å². The quantitative estimate of drug-likeness (QED) is 0.893. The van der Waals surface area contributed by atoms with Crippen molar-refractivity contribution in [3.05, 3.63) is 29.3 Å². The monoisotopic (exact) mass is 362 g/mol. The maximum atomic E-state index is 13.0. The SMILES string of the molecule is O=C(NC1CC1)C1CCN(S(=O)(=O)c2ccc3c(c2)CCCC3)CC1. The number of carbonyl (C=O) groups is 1. The number of hydrogen-bond donors (Lipinski definition) is 1. The Kier molecular flexibility index (Phi) is 4.58. The highest BCUT2D eigenvalue weighted by molar-refractivity contribution is 7.89. The van der Waals surface area contributed by atoms with E-state index in [0.29, 0.717) is 36.9 Å². The maximum Gasteiger partial charge on any atom is 0.243 e. The van der Waals surface area contributed by atoms with Gasteiger partial charge in [0.05, 0.1) is 4.90 Å². The second-order valence-electron chi connectivity index (χ2n) is 7.60. The molecule has 1 aliphatic heterocycles. The van der Waals surface area contributed by atoms with E-state index in [0.717, 1.165) is 32.1 Å². The van der Waals surface area contributed by atoms with Gasteiger partial charge in [-0.05, 0) is 74.6 Å². The van der Waals surface area contributed by atoms with Crippen LogP contribution < -0.4 is 5.32 Å². The molecule has 2 aliphatic carbocycles. The van der Waals surface area contributed by atoms with Crippen molar-refractivity contribution in [2.75, 3.05) is 13.1 Å². The van der Waals surface area contributed by atoms with Gasteiger partial charge >= 0.3 is 0 Å². The van der Waals surface area contributed by atoms with Crippen molar-refractivity contribution in [3.8, 4) is 0 Å². The number of rotatable bonds is 4. The Bertz CT molecular complexity index is 763. The van der Waals surface area contributed by atoms with E-state index in [1.807, 2.05) is 12.1 Å². The van der Waals surface area contributed by atoms with Gasteiger partial charge in [0.2, 0.25) is 15.9 Å². The molecule has 1 saturated carbocycles. The molecule has 6 heteroatoms. The highest BCUT2D eigenvalue weighted by Gasteiger charge is 2.34. The zero-order chi connectivity index (χ0) is 17.4. The number of aryl methyl sites for hydroxylation is 2. The van der Waals surface area contributed by atoms with Crippen molar-refractivity contribution in [3.63, 3.8) is 0 Å². The molecule has 0 bridgehead atoms. The Balaban J connectivity index is 1.43. The van der Waals surface area contributed by atoms with Crippen LogP contribution in [0.1, 0.15) is 49.7 Å². The first-order valence-electron chi connectivity index (χ1n) is 9.46. The third-order valence-corrected chi connectivity index (χ3v) is 7.60. The van der Waals surface area contributed by atoms with Crippen LogP contribution in [-0.2, 0) is 27.7 Å². The Labute approximate surface area is 149 Å². The predicted molar refractivity (Wildman–Crippen MR) is 95.7 cm³/mol. The van der Waals surface area contributed by atoms with Gasteiger partial charge in [0.15, 0.2) is 0 Å². The molecule has 0 aromatic heterocycles. The fourth-order valence-electron chi connectivity index (χ4n) is 3.92. The van der Waals surface area contributed by atoms with E-state index in [1.54, 1.807) is 10.4 Å². The summed E-state index contributed by atoms with van der Waals surface area (Å²) >= 11 is 0. The number of nitrogens with one attached hydrogen (secondary N) is 1. The first kappa shape index (κ1) is 17.0. The molecular weight excluding hydrogens is 336 g/mol. The predicted octanol–water partition coefficient (Wildman–Crippen LogP) is 2.24. The number of hydrogen-bond acceptors (Lipinski definition) is 3. The number of piperidine rings is 1. The second-order valence-corrected chi connectivity index (χ2v) is 9.54. The van der Waals surface area contributed by atoms with Gasteiger partial charge in [-0.2, -0.15) is 4.31 Å². The number of carbonyl (C=O) groups excluding carboxylic acids is 1. The zero-order valence-corrected chi connectivity index (χ0v) is 15.4. The molecule has 1 amide bonds. The average Bonchev–Trinajstić information content (AvgIpc) is 3.45. The van der Waals surface area contributed by atoms with Gasteiger partial charge in [-0.25, -0.2) is 8.42 Å². The molecule has 0 atom stereocenters. The molecule has 25 heavy (non-hydrogen) atoms. The summed E-state index contributed by atoms with van der Waals surface area (Å²) in [5, 5.41) is 3.04. The number of amides is 1. The third-order valence-electron chi connectivity index (χ3n) is 5.71. The lowest BCUT2D eigenvalue weighted by molar-refractivity contribution is -0.126. The number of benzene rings is 1. The van der Waals surface area contributed by atoms with Crippen molar-refractivity contribution in [2.45, 2.75) is 62.3 Å². The lowest BCUT2D eigenvalue weighted by Crippen LogP contribution is -2.43. The summed E-state index contributed by atoms with van der Waals surface area (Å²) in [5.74, 6) is 0.0592. The van der Waals surface area contributed by atoms with E-state index in [1.165, 1.54) is 17.5 Å². The molecule has 0 radical (unpaired) electrons. The van der Waals surface area contributed by atoms with Crippen LogP contribution in [0.2, 0.25) is 0 Å². The van der Waals surface area contributed by atoms with Crippen LogP contribution in [0.3, 0.4) is 0 Å². The van der Waals surface area contributed by atoms with Crippen LogP contribution in [0.5, 0.6) is 0 Å². The van der Waals surface area contributed by atoms with Gasteiger partial charge in [-0.15, -0.1) is 0 Å². The second kappa shape index (κ2) is 6.72. The Morgan fingerprint density at radius 1 is 1.00 bits per heavy atom. The molecule has 136 valence electrons. The van der Waals surface area contributed by atoms with Crippen molar-refractivity contribution < 1.29 is 13.2 Å². The van der Waals surface area contributed by atoms with Gasteiger partial charge in [0.25, 0.3) is 0 Å². The molecule has 4 rings (SSSR count). The van der Waals surface area contributed by atoms with Crippen molar-refractivity contribution >= 4 is 15.9 Å². The van der Waals surface area contributed by atoms with E-state index >= 15 is 0 Å². The standard InChI is InChI=1S/C19H26N2O3S/c22-19(20-17-6-7-17)15-9-11-21(12-10-15)25(23,24)18-8-5-14-3-1-2-4-16(14)13-18/h5,8,13,15,17H,1-4,6-7,9-12H2,(H,20,22). The summed E-state index contributed by atoms with van der Waals surface area (Å²) in [5.41, 5.74) is 2.48. The van der Waals surface area contributed by atoms with Crippen molar-refractivity contribution in [1.29, 1.82) is 0 Å². The first-order valence-corrected chi connectivity index (χ1v) is 10.9. The van der Waals surface area contributed by atoms with Gasteiger partial charge in [0, 0.05) is 25.0 Å². The lowest BCUT2D eigenvalue weighted by atomic mass is 9.92. The van der Waals surface area contributed by atoms with Gasteiger partial charge in [-0.1, -0.05) is 6.07 Å². The summed E-state index contributed by atoms with van der Waals surface area (Å²) in [6, 6.07) is 5.97. The molecule has 2 fully saturated rings. The van der Waals surface area contributed by atoms with Gasteiger partial charge in [-0.3, -0.25) is 4.79 Å². The molecule has 1 saturated heterocycles. The van der Waals surface area contributed by atoms with Crippen LogP contribution in [-0.4, -0.2) is 37.8 Å². The summed E-state index contributed by atoms with van der Waals surface area (Å²) in [6.07, 6.45) is 7.74. The van der Waals surface area contributed by atoms with Crippen LogP contribution in [0, 0.1) is 5.92 Å². The minimum Gasteiger partial charge on any atom is -0.353 e. The van der Waals surface area contributed by atoms with Gasteiger partial charge < -0.3 is 5.32 Å². The Morgan fingerprint density at radius 2 is 1.68 bits per heavy atom. The maximum absolute atomic E-state index is 13.0. The number of nitrogens with zero attached hydrogens (tertiary/aromatic N) is 1. The van der Waals surface area contributed by atoms with Gasteiger partial charge in [0.1, 0.15) is 0 Å². The van der Waals surface area contributed by atoms with E-state index in [-0.39, 0.29) is 11.8 Å².